The van der Waals surface area contributed by atoms with Gasteiger partial charge >= 0.3 is 0 Å². The summed E-state index contributed by atoms with van der Waals surface area (Å²) in [6, 6.07) is 35.0. The van der Waals surface area contributed by atoms with Gasteiger partial charge < -0.3 is 9.64 Å². The molecule has 6 rings (SSSR count). The van der Waals surface area contributed by atoms with Gasteiger partial charge in [0.15, 0.2) is 0 Å². The molecule has 0 saturated heterocycles. The van der Waals surface area contributed by atoms with Gasteiger partial charge in [0.05, 0.1) is 5.41 Å². The van der Waals surface area contributed by atoms with Crippen molar-refractivity contribution in [3.05, 3.63) is 119 Å². The molecule has 0 bridgehead atoms. The number of hydrogen-bond donors (Lipinski definition) is 0. The van der Waals surface area contributed by atoms with Crippen molar-refractivity contribution in [1.29, 1.82) is 0 Å². The number of nitrogens with zero attached hydrogens (tertiary/aromatic N) is 1. The van der Waals surface area contributed by atoms with E-state index >= 15 is 0 Å². The van der Waals surface area contributed by atoms with Crippen molar-refractivity contribution in [3.63, 3.8) is 0 Å². The van der Waals surface area contributed by atoms with Crippen molar-refractivity contribution in [3.8, 4) is 11.5 Å². The molecule has 2 aliphatic heterocycles. The minimum Gasteiger partial charge on any atom is -0.457 e. The number of hydrogen-bond acceptors (Lipinski definition) is 2. The highest BCUT2D eigenvalue weighted by Gasteiger charge is 2.50. The van der Waals surface area contributed by atoms with Crippen LogP contribution in [-0.2, 0) is 5.41 Å². The Morgan fingerprint density at radius 3 is 1.43 bits per heavy atom. The Hall–Kier alpha value is -3.52. The molecular formula is C28H23NO. The predicted octanol–water partition coefficient (Wildman–Crippen LogP) is 7.03. The van der Waals surface area contributed by atoms with Crippen molar-refractivity contribution >= 4 is 11.4 Å². The fourth-order valence-electron chi connectivity index (χ4n) is 5.41. The molecule has 0 N–H and O–H groups in total. The van der Waals surface area contributed by atoms with Crippen molar-refractivity contribution < 1.29 is 4.74 Å². The Balaban J connectivity index is 1.84. The van der Waals surface area contributed by atoms with E-state index in [0.717, 1.165) is 11.5 Å². The highest BCUT2D eigenvalue weighted by Crippen LogP contribution is 2.61. The first-order valence-electron chi connectivity index (χ1n) is 10.6. The van der Waals surface area contributed by atoms with Gasteiger partial charge in [0.1, 0.15) is 11.5 Å². The van der Waals surface area contributed by atoms with Crippen LogP contribution in [0, 0.1) is 0 Å². The van der Waals surface area contributed by atoms with Crippen LogP contribution in [0.2, 0.25) is 0 Å². The molecule has 146 valence electrons. The van der Waals surface area contributed by atoms with Crippen LogP contribution in [0.4, 0.5) is 11.4 Å². The van der Waals surface area contributed by atoms with Gasteiger partial charge in [0.2, 0.25) is 0 Å². The molecule has 0 saturated carbocycles. The minimum atomic E-state index is -0.413. The molecule has 4 aromatic rings. The lowest BCUT2D eigenvalue weighted by Gasteiger charge is -2.49. The molecule has 0 fully saturated rings. The van der Waals surface area contributed by atoms with E-state index < -0.39 is 5.41 Å². The third-order valence-corrected chi connectivity index (χ3v) is 6.45. The molecule has 2 nitrogen and oxygen atoms in total. The first kappa shape index (κ1) is 17.3. The van der Waals surface area contributed by atoms with E-state index in [1.807, 2.05) is 0 Å². The standard InChI is InChI=1S/C28H23NO/c1-19(2)29-24-15-7-3-11-20(24)28(21-12-4-8-16-25(21)29)22-13-5-9-17-26(22)30-27-18-10-6-14-23(27)28/h3-19H,1-2H3. The summed E-state index contributed by atoms with van der Waals surface area (Å²) in [6.07, 6.45) is 0. The van der Waals surface area contributed by atoms with Gasteiger partial charge in [-0.1, -0.05) is 72.8 Å². The van der Waals surface area contributed by atoms with Gasteiger partial charge in [0, 0.05) is 28.5 Å². The van der Waals surface area contributed by atoms with Gasteiger partial charge in [-0.05, 0) is 49.2 Å². The van der Waals surface area contributed by atoms with Crippen LogP contribution < -0.4 is 9.64 Å². The summed E-state index contributed by atoms with van der Waals surface area (Å²) in [5, 5.41) is 0. The van der Waals surface area contributed by atoms with E-state index in [1.165, 1.54) is 33.6 Å². The molecule has 0 atom stereocenters. The zero-order valence-corrected chi connectivity index (χ0v) is 17.2. The molecule has 1 spiro atoms. The summed E-state index contributed by atoms with van der Waals surface area (Å²) >= 11 is 0. The van der Waals surface area contributed by atoms with Crippen LogP contribution in [-0.4, -0.2) is 6.04 Å². The Morgan fingerprint density at radius 2 is 0.967 bits per heavy atom. The number of anilines is 2. The lowest BCUT2D eigenvalue weighted by atomic mass is 9.61. The third-order valence-electron chi connectivity index (χ3n) is 6.45. The lowest BCUT2D eigenvalue weighted by molar-refractivity contribution is 0.433. The second-order valence-corrected chi connectivity index (χ2v) is 8.34. The van der Waals surface area contributed by atoms with E-state index in [0.29, 0.717) is 6.04 Å². The summed E-state index contributed by atoms with van der Waals surface area (Å²) in [5.74, 6) is 1.86. The van der Waals surface area contributed by atoms with Crippen LogP contribution in [0.15, 0.2) is 97.1 Å². The Bertz CT molecular complexity index is 1180. The van der Waals surface area contributed by atoms with Crippen molar-refractivity contribution in [2.45, 2.75) is 25.3 Å². The largest absolute Gasteiger partial charge is 0.457 e. The highest BCUT2D eigenvalue weighted by molar-refractivity contribution is 5.86. The first-order valence-corrected chi connectivity index (χ1v) is 10.6. The maximum atomic E-state index is 6.40. The molecule has 0 aromatic heterocycles. The van der Waals surface area contributed by atoms with Crippen molar-refractivity contribution in [2.24, 2.45) is 0 Å². The fraction of sp³-hybridized carbons (Fsp3) is 0.143. The Morgan fingerprint density at radius 1 is 0.567 bits per heavy atom. The minimum absolute atomic E-state index is 0.343. The predicted molar refractivity (Wildman–Crippen MR) is 122 cm³/mol. The average molecular weight is 389 g/mol. The quantitative estimate of drug-likeness (QED) is 0.305. The number of para-hydroxylation sites is 4. The third kappa shape index (κ3) is 2.08. The molecule has 0 amide bonds. The second kappa shape index (κ2) is 6.24. The SMILES string of the molecule is CC(C)N1c2ccccc2C2(c3ccccc3Oc3ccccc32)c2ccccc21. The number of benzene rings is 4. The maximum absolute atomic E-state index is 6.40. The van der Waals surface area contributed by atoms with Gasteiger partial charge in [-0.3, -0.25) is 0 Å². The van der Waals surface area contributed by atoms with Crippen molar-refractivity contribution in [1.82, 2.24) is 0 Å². The Labute approximate surface area is 177 Å². The zero-order chi connectivity index (χ0) is 20.3. The zero-order valence-electron chi connectivity index (χ0n) is 17.2. The Kier molecular flexibility index (Phi) is 3.61. The van der Waals surface area contributed by atoms with Crippen molar-refractivity contribution in [2.75, 3.05) is 4.90 Å². The average Bonchev–Trinajstić information content (AvgIpc) is 2.79. The summed E-state index contributed by atoms with van der Waals surface area (Å²) in [4.78, 5) is 2.47. The van der Waals surface area contributed by atoms with Gasteiger partial charge in [-0.25, -0.2) is 0 Å². The van der Waals surface area contributed by atoms with Gasteiger partial charge in [-0.2, -0.15) is 0 Å². The smallest absolute Gasteiger partial charge is 0.132 e. The maximum Gasteiger partial charge on any atom is 0.132 e. The fourth-order valence-corrected chi connectivity index (χ4v) is 5.41. The van der Waals surface area contributed by atoms with Crippen LogP contribution in [0.5, 0.6) is 11.5 Å². The highest BCUT2D eigenvalue weighted by atomic mass is 16.5. The summed E-state index contributed by atoms with van der Waals surface area (Å²) in [7, 11) is 0. The molecule has 0 radical (unpaired) electrons. The molecule has 2 heteroatoms. The number of fused-ring (bicyclic) bond motifs is 8. The van der Waals surface area contributed by atoms with Crippen LogP contribution in [0.1, 0.15) is 36.1 Å². The van der Waals surface area contributed by atoms with Crippen LogP contribution >= 0.6 is 0 Å². The molecular weight excluding hydrogens is 366 g/mol. The monoisotopic (exact) mass is 389 g/mol. The molecule has 0 aliphatic carbocycles. The summed E-state index contributed by atoms with van der Waals surface area (Å²) < 4.78 is 6.40. The van der Waals surface area contributed by atoms with Gasteiger partial charge in [-0.15, -0.1) is 0 Å². The van der Waals surface area contributed by atoms with E-state index in [1.54, 1.807) is 0 Å². The summed E-state index contributed by atoms with van der Waals surface area (Å²) in [5.41, 5.74) is 7.12. The first-order chi connectivity index (χ1) is 14.7. The lowest BCUT2D eigenvalue weighted by Crippen LogP contribution is -2.42. The van der Waals surface area contributed by atoms with Crippen LogP contribution in [0.25, 0.3) is 0 Å². The molecule has 30 heavy (non-hydrogen) atoms. The second-order valence-electron chi connectivity index (χ2n) is 8.34. The molecule has 4 aromatic carbocycles. The number of rotatable bonds is 1. The molecule has 2 aliphatic rings. The van der Waals surface area contributed by atoms with E-state index in [-0.39, 0.29) is 0 Å². The van der Waals surface area contributed by atoms with E-state index in [2.05, 4.69) is 116 Å². The normalized spacial score (nSPS) is 15.1. The van der Waals surface area contributed by atoms with Gasteiger partial charge in [0.25, 0.3) is 0 Å². The van der Waals surface area contributed by atoms with Crippen LogP contribution in [0.3, 0.4) is 0 Å². The summed E-state index contributed by atoms with van der Waals surface area (Å²) in [6.45, 7) is 4.52. The van der Waals surface area contributed by atoms with E-state index in [9.17, 15) is 0 Å². The van der Waals surface area contributed by atoms with E-state index in [4.69, 9.17) is 4.74 Å². The molecule has 0 unspecified atom stereocenters. The number of ether oxygens (including phenoxy) is 1. The topological polar surface area (TPSA) is 12.5 Å². The molecule has 2 heterocycles.